The summed E-state index contributed by atoms with van der Waals surface area (Å²) >= 11 is 0. The van der Waals surface area contributed by atoms with Crippen molar-refractivity contribution in [3.8, 4) is 23.0 Å². The van der Waals surface area contributed by atoms with Crippen molar-refractivity contribution in [2.45, 2.75) is 91.1 Å². The molecular formula is C47H59NO4. The maximum Gasteiger partial charge on any atom is 0.127 e. The molecule has 2 aliphatic rings. The Morgan fingerprint density at radius 1 is 0.865 bits per heavy atom. The van der Waals surface area contributed by atoms with Crippen LogP contribution in [-0.2, 0) is 6.42 Å². The van der Waals surface area contributed by atoms with Crippen molar-refractivity contribution >= 4 is 11.1 Å². The van der Waals surface area contributed by atoms with E-state index in [1.54, 1.807) is 6.07 Å². The summed E-state index contributed by atoms with van der Waals surface area (Å²) in [7, 11) is 4.07. The Labute approximate surface area is 312 Å². The van der Waals surface area contributed by atoms with Gasteiger partial charge in [-0.15, -0.1) is 0 Å². The second-order valence-electron chi connectivity index (χ2n) is 15.2. The van der Waals surface area contributed by atoms with Gasteiger partial charge in [-0.25, -0.2) is 0 Å². The van der Waals surface area contributed by atoms with Crippen LogP contribution in [0, 0.1) is 5.92 Å². The fourth-order valence-electron chi connectivity index (χ4n) is 7.71. The first-order chi connectivity index (χ1) is 25.0. The van der Waals surface area contributed by atoms with E-state index in [4.69, 9.17) is 9.47 Å². The number of benzene rings is 4. The maximum absolute atomic E-state index is 10.7. The van der Waals surface area contributed by atoms with Gasteiger partial charge in [-0.3, -0.25) is 0 Å². The zero-order valence-electron chi connectivity index (χ0n) is 32.4. The molecule has 6 rings (SSSR count). The third-order valence-corrected chi connectivity index (χ3v) is 10.5. The largest absolute Gasteiger partial charge is 0.508 e. The molecule has 0 spiro atoms. The van der Waals surface area contributed by atoms with Crippen molar-refractivity contribution in [3.05, 3.63) is 130 Å². The molecule has 2 N–H and O–H groups in total. The van der Waals surface area contributed by atoms with Gasteiger partial charge in [0, 0.05) is 23.9 Å². The lowest BCUT2D eigenvalue weighted by Gasteiger charge is -2.46. The molecular weight excluding hydrogens is 643 g/mol. The number of hydrogen-bond donors (Lipinski definition) is 2. The molecule has 0 amide bonds. The molecule has 4 aromatic carbocycles. The normalized spacial score (nSPS) is 17.8. The summed E-state index contributed by atoms with van der Waals surface area (Å²) in [4.78, 5) is 2.10. The molecule has 0 saturated heterocycles. The highest BCUT2D eigenvalue weighted by atomic mass is 16.5. The number of nitrogens with zero attached hydrogens (tertiary/aromatic N) is 1. The summed E-state index contributed by atoms with van der Waals surface area (Å²) in [6.45, 7) is 12.5. The first-order valence-corrected chi connectivity index (χ1v) is 19.2. The van der Waals surface area contributed by atoms with E-state index in [1.165, 1.54) is 41.5 Å². The summed E-state index contributed by atoms with van der Waals surface area (Å²) in [5.74, 6) is 3.18. The molecule has 0 bridgehead atoms. The molecule has 52 heavy (non-hydrogen) atoms. The number of likely N-dealkylation sites (N-methyl/N-ethyl adjacent to an activating group) is 1. The summed E-state index contributed by atoms with van der Waals surface area (Å²) in [5, 5.41) is 20.8. The molecule has 5 nitrogen and oxygen atoms in total. The fraction of sp³-hybridized carbons (Fsp3) is 0.404. The fourth-order valence-corrected chi connectivity index (χ4v) is 7.71. The molecule has 4 aromatic rings. The average molecular weight is 702 g/mol. The lowest BCUT2D eigenvalue weighted by Crippen LogP contribution is -2.45. The molecule has 1 aliphatic heterocycles. The van der Waals surface area contributed by atoms with Crippen LogP contribution in [0.15, 0.2) is 103 Å². The predicted molar refractivity (Wildman–Crippen MR) is 217 cm³/mol. The Balaban J connectivity index is 0.000000206. The van der Waals surface area contributed by atoms with E-state index in [-0.39, 0.29) is 17.3 Å². The summed E-state index contributed by atoms with van der Waals surface area (Å²) in [5.41, 5.74) is 9.15. The van der Waals surface area contributed by atoms with Gasteiger partial charge in [0.25, 0.3) is 0 Å². The van der Waals surface area contributed by atoms with Crippen LogP contribution >= 0.6 is 0 Å². The van der Waals surface area contributed by atoms with Gasteiger partial charge in [0.05, 0.1) is 0 Å². The van der Waals surface area contributed by atoms with Gasteiger partial charge in [0.15, 0.2) is 0 Å². The van der Waals surface area contributed by atoms with Gasteiger partial charge in [0.2, 0.25) is 0 Å². The quantitative estimate of drug-likeness (QED) is 0.0875. The smallest absolute Gasteiger partial charge is 0.127 e. The molecule has 0 fully saturated rings. The number of fused-ring (bicyclic) bond motifs is 3. The van der Waals surface area contributed by atoms with Crippen LogP contribution in [0.5, 0.6) is 23.0 Å². The van der Waals surface area contributed by atoms with Crippen LogP contribution in [0.4, 0.5) is 0 Å². The SMILES string of the molecule is CC/C(=C(/c1ccc(OCCN(C)C)cc1)c1cccc(O)c1)c1ccccc1.CCCCCc1cc(O)c2c(c1)OC(C)(C)[C@@H]1CCC(C)=C[C@@H]21. The topological polar surface area (TPSA) is 62.2 Å². The zero-order chi connectivity index (χ0) is 37.3. The van der Waals surface area contributed by atoms with E-state index in [0.717, 1.165) is 66.0 Å². The zero-order valence-corrected chi connectivity index (χ0v) is 32.4. The molecule has 276 valence electrons. The van der Waals surface area contributed by atoms with Crippen molar-refractivity contribution in [1.29, 1.82) is 0 Å². The van der Waals surface area contributed by atoms with E-state index < -0.39 is 0 Å². The van der Waals surface area contributed by atoms with Crippen LogP contribution in [0.3, 0.4) is 0 Å². The Morgan fingerprint density at radius 3 is 2.27 bits per heavy atom. The number of unbranched alkanes of at least 4 members (excludes halogenated alkanes) is 2. The van der Waals surface area contributed by atoms with Crippen LogP contribution < -0.4 is 9.47 Å². The van der Waals surface area contributed by atoms with E-state index in [0.29, 0.717) is 18.3 Å². The maximum atomic E-state index is 10.7. The van der Waals surface area contributed by atoms with E-state index >= 15 is 0 Å². The number of allylic oxidation sites excluding steroid dienone is 3. The van der Waals surface area contributed by atoms with Crippen LogP contribution in [0.1, 0.15) is 107 Å². The van der Waals surface area contributed by atoms with Gasteiger partial charge in [-0.2, -0.15) is 0 Å². The van der Waals surface area contributed by atoms with Crippen molar-refractivity contribution < 1.29 is 19.7 Å². The van der Waals surface area contributed by atoms with E-state index in [1.807, 2.05) is 50.5 Å². The minimum Gasteiger partial charge on any atom is -0.508 e. The number of ether oxygens (including phenoxy) is 2. The number of rotatable bonds is 12. The van der Waals surface area contributed by atoms with Crippen LogP contribution in [0.25, 0.3) is 11.1 Å². The number of phenols is 2. The second-order valence-corrected chi connectivity index (χ2v) is 15.2. The highest BCUT2D eigenvalue weighted by Gasteiger charge is 2.45. The third kappa shape index (κ3) is 9.68. The van der Waals surface area contributed by atoms with Crippen molar-refractivity contribution in [3.63, 3.8) is 0 Å². The van der Waals surface area contributed by atoms with Crippen molar-refractivity contribution in [2.75, 3.05) is 27.2 Å². The van der Waals surface area contributed by atoms with Gasteiger partial charge < -0.3 is 24.6 Å². The number of hydrogen-bond acceptors (Lipinski definition) is 5. The highest BCUT2D eigenvalue weighted by molar-refractivity contribution is 5.98. The van der Waals surface area contributed by atoms with Gasteiger partial charge in [0.1, 0.15) is 35.2 Å². The Bertz CT molecular complexity index is 1820. The molecule has 1 aliphatic carbocycles. The predicted octanol–water partition coefficient (Wildman–Crippen LogP) is 11.4. The lowest BCUT2D eigenvalue weighted by atomic mass is 9.68. The van der Waals surface area contributed by atoms with Gasteiger partial charge in [-0.1, -0.05) is 92.9 Å². The van der Waals surface area contributed by atoms with E-state index in [2.05, 4.69) is 94.1 Å². The summed E-state index contributed by atoms with van der Waals surface area (Å²) < 4.78 is 12.2. The first-order valence-electron chi connectivity index (χ1n) is 19.2. The Kier molecular flexibility index (Phi) is 13.3. The minimum atomic E-state index is -0.177. The van der Waals surface area contributed by atoms with Crippen molar-refractivity contribution in [1.82, 2.24) is 4.90 Å². The Hall–Kier alpha value is -4.48. The molecule has 0 aromatic heterocycles. The van der Waals surface area contributed by atoms with Crippen molar-refractivity contribution in [2.24, 2.45) is 5.92 Å². The third-order valence-electron chi connectivity index (χ3n) is 10.5. The number of aryl methyl sites for hydroxylation is 1. The molecule has 0 unspecified atom stereocenters. The second kappa shape index (κ2) is 17.8. The summed E-state index contributed by atoms with van der Waals surface area (Å²) in [6, 6.07) is 30.3. The van der Waals surface area contributed by atoms with Crippen LogP contribution in [-0.4, -0.2) is 48.0 Å². The van der Waals surface area contributed by atoms with E-state index in [9.17, 15) is 10.2 Å². The molecule has 0 radical (unpaired) electrons. The lowest BCUT2D eigenvalue weighted by molar-refractivity contribution is 0.0107. The number of aromatic hydroxyl groups is 2. The molecule has 2 atom stereocenters. The Morgan fingerprint density at radius 2 is 1.60 bits per heavy atom. The average Bonchev–Trinajstić information content (AvgIpc) is 3.11. The van der Waals surface area contributed by atoms with Crippen LogP contribution in [0.2, 0.25) is 0 Å². The standard InChI is InChI=1S/C26H29NO2.C21H30O2/c1-4-25(20-9-6-5-7-10-20)26(22-11-8-12-23(28)19-22)21-13-15-24(16-14-21)29-18-17-27(2)3;1-5-6-7-8-15-12-18(22)20-16-11-14(2)9-10-17(16)21(3,4)23-19(20)13-15/h5-16,19,28H,4,17-18H2,1-3H3;11-13,16-17,22H,5-10H2,1-4H3/b26-25+;/t;16-,17-/m.1/s1. The minimum absolute atomic E-state index is 0.177. The molecule has 5 heteroatoms. The summed E-state index contributed by atoms with van der Waals surface area (Å²) in [6.07, 6.45) is 10.1. The number of phenolic OH excluding ortho intramolecular Hbond substituents is 2. The highest BCUT2D eigenvalue weighted by Crippen LogP contribution is 2.53. The van der Waals surface area contributed by atoms with Gasteiger partial charge in [-0.05, 0) is 137 Å². The molecule has 0 saturated carbocycles. The molecule has 1 heterocycles. The monoisotopic (exact) mass is 701 g/mol. The van der Waals surface area contributed by atoms with Gasteiger partial charge >= 0.3 is 0 Å². The first kappa shape index (κ1) is 38.7.